The van der Waals surface area contributed by atoms with E-state index in [9.17, 15) is 9.59 Å². The first-order valence-corrected chi connectivity index (χ1v) is 15.8. The Morgan fingerprint density at radius 1 is 0.889 bits per heavy atom. The third-order valence-electron chi connectivity index (χ3n) is 8.70. The summed E-state index contributed by atoms with van der Waals surface area (Å²) < 4.78 is 5.70. The Balaban J connectivity index is 0.953. The Morgan fingerprint density at radius 3 is 2.51 bits per heavy atom. The summed E-state index contributed by atoms with van der Waals surface area (Å²) in [6, 6.07) is 30.0. The number of aryl methyl sites for hydroxylation is 1. The van der Waals surface area contributed by atoms with Gasteiger partial charge in [0.2, 0.25) is 0 Å². The van der Waals surface area contributed by atoms with Gasteiger partial charge < -0.3 is 24.8 Å². The van der Waals surface area contributed by atoms with Crippen LogP contribution in [0.25, 0.3) is 22.4 Å². The minimum atomic E-state index is -0.137. The molecule has 45 heavy (non-hydrogen) atoms. The number of H-pyrrole nitrogens is 1. The zero-order valence-corrected chi connectivity index (χ0v) is 25.3. The fourth-order valence-corrected chi connectivity index (χ4v) is 6.24. The second-order valence-electron chi connectivity index (χ2n) is 11.8. The summed E-state index contributed by atoms with van der Waals surface area (Å²) in [6.07, 6.45) is 5.55. The number of nitrogens with zero attached hydrogens (tertiary/aromatic N) is 3. The zero-order valence-electron chi connectivity index (χ0n) is 25.3. The number of benzene rings is 4. The van der Waals surface area contributed by atoms with Crippen molar-refractivity contribution < 1.29 is 14.3 Å². The van der Waals surface area contributed by atoms with E-state index in [4.69, 9.17) is 9.72 Å². The smallest absolute Gasteiger partial charge is 0.258 e. The number of piperidine rings is 1. The van der Waals surface area contributed by atoms with Crippen molar-refractivity contribution in [2.24, 2.45) is 0 Å². The third-order valence-corrected chi connectivity index (χ3v) is 8.70. The van der Waals surface area contributed by atoms with Crippen LogP contribution in [-0.2, 0) is 17.8 Å². The van der Waals surface area contributed by atoms with Crippen LogP contribution in [0.1, 0.15) is 47.2 Å². The van der Waals surface area contributed by atoms with Crippen LogP contribution in [-0.4, -0.2) is 48.0 Å². The standard InChI is InChI=1S/C37H37N5O3/c43-35(38-19-7-10-26-8-3-1-4-9-26)25-45-31-15-11-27(12-16-31)36-39-33-18-14-30(23-34(33)40-36)42-24-28-22-29(13-17-32(28)37(42)44)41-20-5-2-6-21-41/h1,3-4,8-9,11-18,22-23H,2,5-7,10,19-21,24-25H2,(H,38,43)(H,39,40). The topological polar surface area (TPSA) is 90.6 Å². The first-order chi connectivity index (χ1) is 22.1. The van der Waals surface area contributed by atoms with Gasteiger partial charge in [-0.3, -0.25) is 9.59 Å². The van der Waals surface area contributed by atoms with Gasteiger partial charge in [0.05, 0.1) is 17.6 Å². The van der Waals surface area contributed by atoms with Crippen LogP contribution in [0.2, 0.25) is 0 Å². The lowest BCUT2D eigenvalue weighted by Gasteiger charge is -2.29. The summed E-state index contributed by atoms with van der Waals surface area (Å²) >= 11 is 0. The van der Waals surface area contributed by atoms with Crippen molar-refractivity contribution in [1.29, 1.82) is 0 Å². The van der Waals surface area contributed by atoms with Crippen LogP contribution >= 0.6 is 0 Å². The lowest BCUT2D eigenvalue weighted by atomic mass is 10.1. The predicted molar refractivity (Wildman–Crippen MR) is 178 cm³/mol. The summed E-state index contributed by atoms with van der Waals surface area (Å²) in [5.74, 6) is 1.24. The Kier molecular flexibility index (Phi) is 8.19. The maximum Gasteiger partial charge on any atom is 0.258 e. The van der Waals surface area contributed by atoms with Gasteiger partial charge in [0, 0.05) is 42.1 Å². The Morgan fingerprint density at radius 2 is 1.69 bits per heavy atom. The maximum absolute atomic E-state index is 13.3. The molecule has 7 rings (SSSR count). The second kappa shape index (κ2) is 12.9. The number of carbonyl (C=O) groups excluding carboxylic acids is 2. The van der Waals surface area contributed by atoms with Crippen molar-refractivity contribution in [3.8, 4) is 17.1 Å². The number of imidazole rings is 1. The van der Waals surface area contributed by atoms with Gasteiger partial charge in [0.25, 0.3) is 11.8 Å². The van der Waals surface area contributed by atoms with E-state index < -0.39 is 0 Å². The highest BCUT2D eigenvalue weighted by Gasteiger charge is 2.29. The molecule has 0 spiro atoms. The predicted octanol–water partition coefficient (Wildman–Crippen LogP) is 6.51. The molecule has 2 aliphatic heterocycles. The molecular weight excluding hydrogens is 562 g/mol. The van der Waals surface area contributed by atoms with Crippen molar-refractivity contribution in [2.75, 3.05) is 36.0 Å². The summed E-state index contributed by atoms with van der Waals surface area (Å²) in [5, 5.41) is 2.92. The number of fused-ring (bicyclic) bond motifs is 2. The number of hydrogen-bond acceptors (Lipinski definition) is 5. The molecule has 2 aliphatic rings. The average molecular weight is 600 g/mol. The molecule has 0 radical (unpaired) electrons. The van der Waals surface area contributed by atoms with E-state index in [1.165, 1.54) is 30.5 Å². The molecule has 228 valence electrons. The van der Waals surface area contributed by atoms with Crippen LogP contribution in [0.4, 0.5) is 11.4 Å². The SMILES string of the molecule is O=C(COc1ccc(-c2nc3cc(N4Cc5cc(N6CCCCC6)ccc5C4=O)ccc3[nH]2)cc1)NCCCc1ccccc1. The molecule has 0 saturated carbocycles. The first-order valence-electron chi connectivity index (χ1n) is 15.8. The number of amides is 2. The number of aromatic nitrogens is 2. The van der Waals surface area contributed by atoms with Crippen LogP contribution in [0.15, 0.2) is 91.0 Å². The minimum absolute atomic E-state index is 0.0294. The molecule has 2 N–H and O–H groups in total. The van der Waals surface area contributed by atoms with Crippen molar-refractivity contribution in [2.45, 2.75) is 38.6 Å². The van der Waals surface area contributed by atoms with Gasteiger partial charge in [0.15, 0.2) is 6.61 Å². The molecule has 0 unspecified atom stereocenters. The van der Waals surface area contributed by atoms with Gasteiger partial charge in [-0.05, 0) is 104 Å². The lowest BCUT2D eigenvalue weighted by molar-refractivity contribution is -0.123. The van der Waals surface area contributed by atoms with Gasteiger partial charge in [0.1, 0.15) is 11.6 Å². The van der Waals surface area contributed by atoms with Crippen molar-refractivity contribution in [3.05, 3.63) is 108 Å². The fraction of sp³-hybridized carbons (Fsp3) is 0.270. The van der Waals surface area contributed by atoms with Gasteiger partial charge in [-0.1, -0.05) is 30.3 Å². The molecular formula is C37H37N5O3. The van der Waals surface area contributed by atoms with Crippen LogP contribution < -0.4 is 19.9 Å². The maximum atomic E-state index is 13.3. The van der Waals surface area contributed by atoms with Crippen LogP contribution in [0.5, 0.6) is 5.75 Å². The number of carbonyl (C=O) groups is 2. The third kappa shape index (κ3) is 6.41. The molecule has 5 aromatic rings. The normalized spacial score (nSPS) is 14.5. The number of rotatable bonds is 10. The van der Waals surface area contributed by atoms with Gasteiger partial charge in [-0.15, -0.1) is 0 Å². The van der Waals surface area contributed by atoms with E-state index in [2.05, 4.69) is 39.5 Å². The van der Waals surface area contributed by atoms with Gasteiger partial charge in [-0.2, -0.15) is 0 Å². The molecule has 2 amide bonds. The van der Waals surface area contributed by atoms with E-state index in [-0.39, 0.29) is 18.4 Å². The number of aromatic amines is 1. The zero-order chi connectivity index (χ0) is 30.6. The molecule has 1 aromatic heterocycles. The van der Waals surface area contributed by atoms with Crippen LogP contribution in [0, 0.1) is 0 Å². The summed E-state index contributed by atoms with van der Waals surface area (Å²) in [5.41, 5.74) is 7.77. The molecule has 4 aromatic carbocycles. The Labute approximate surface area is 263 Å². The van der Waals surface area contributed by atoms with E-state index in [0.29, 0.717) is 18.8 Å². The molecule has 1 saturated heterocycles. The number of nitrogens with one attached hydrogen (secondary N) is 2. The molecule has 1 fully saturated rings. The highest BCUT2D eigenvalue weighted by atomic mass is 16.5. The Bertz CT molecular complexity index is 1810. The van der Waals surface area contributed by atoms with Crippen molar-refractivity contribution >= 4 is 34.2 Å². The molecule has 0 atom stereocenters. The molecule has 0 aliphatic carbocycles. The highest BCUT2D eigenvalue weighted by Crippen LogP contribution is 2.33. The number of ether oxygens (including phenoxy) is 1. The fourth-order valence-electron chi connectivity index (χ4n) is 6.24. The van der Waals surface area contributed by atoms with Crippen molar-refractivity contribution in [1.82, 2.24) is 15.3 Å². The molecule has 8 nitrogen and oxygen atoms in total. The van der Waals surface area contributed by atoms with E-state index >= 15 is 0 Å². The first kappa shape index (κ1) is 28.6. The van der Waals surface area contributed by atoms with E-state index in [0.717, 1.165) is 65.2 Å². The van der Waals surface area contributed by atoms with Crippen molar-refractivity contribution in [3.63, 3.8) is 0 Å². The Hall–Kier alpha value is -5.11. The summed E-state index contributed by atoms with van der Waals surface area (Å²) in [4.78, 5) is 38.0. The van der Waals surface area contributed by atoms with Gasteiger partial charge >= 0.3 is 0 Å². The lowest BCUT2D eigenvalue weighted by Crippen LogP contribution is -2.29. The monoisotopic (exact) mass is 599 g/mol. The molecule has 8 heteroatoms. The molecule has 3 heterocycles. The van der Waals surface area contributed by atoms with Gasteiger partial charge in [-0.25, -0.2) is 4.98 Å². The minimum Gasteiger partial charge on any atom is -0.484 e. The largest absolute Gasteiger partial charge is 0.484 e. The highest BCUT2D eigenvalue weighted by molar-refractivity contribution is 6.10. The van der Waals surface area contributed by atoms with Crippen LogP contribution in [0.3, 0.4) is 0 Å². The molecule has 0 bridgehead atoms. The van der Waals surface area contributed by atoms with E-state index in [1.807, 2.05) is 71.6 Å². The second-order valence-corrected chi connectivity index (χ2v) is 11.8. The number of anilines is 2. The quantitative estimate of drug-likeness (QED) is 0.179. The van der Waals surface area contributed by atoms with E-state index in [1.54, 1.807) is 0 Å². The summed E-state index contributed by atoms with van der Waals surface area (Å²) in [6.45, 7) is 3.31. The number of hydrogen-bond donors (Lipinski definition) is 2. The summed E-state index contributed by atoms with van der Waals surface area (Å²) in [7, 11) is 0. The average Bonchev–Trinajstić information content (AvgIpc) is 3.67.